The molecule has 1 N–H and O–H groups in total. The van der Waals surface area contributed by atoms with Crippen molar-refractivity contribution in [2.45, 2.75) is 17.7 Å². The Balaban J connectivity index is 1.58. The molecule has 1 amide bonds. The standard InChI is InChI=1S/C19H18F2N2O5S/c20-15-4-3-5-16(21)18(15)19(25)28-12-17(24)22-13-6-8-14(9-7-13)29(26,27)23-10-1-2-11-23/h3-9H,1-2,10-12H2,(H,22,24). The van der Waals surface area contributed by atoms with E-state index in [4.69, 9.17) is 0 Å². The number of hydrogen-bond donors (Lipinski definition) is 1. The number of anilines is 1. The highest BCUT2D eigenvalue weighted by molar-refractivity contribution is 7.89. The van der Waals surface area contributed by atoms with Crippen LogP contribution in [0.2, 0.25) is 0 Å². The van der Waals surface area contributed by atoms with E-state index >= 15 is 0 Å². The molecule has 0 atom stereocenters. The van der Waals surface area contributed by atoms with Gasteiger partial charge < -0.3 is 10.1 Å². The van der Waals surface area contributed by atoms with Crippen LogP contribution in [0.15, 0.2) is 47.4 Å². The van der Waals surface area contributed by atoms with Gasteiger partial charge in [0.2, 0.25) is 10.0 Å². The highest BCUT2D eigenvalue weighted by atomic mass is 32.2. The topological polar surface area (TPSA) is 92.8 Å². The second-order valence-corrected chi connectivity index (χ2v) is 8.29. The van der Waals surface area contributed by atoms with Crippen LogP contribution in [0.5, 0.6) is 0 Å². The molecule has 0 saturated carbocycles. The van der Waals surface area contributed by atoms with Crippen molar-refractivity contribution in [1.29, 1.82) is 0 Å². The van der Waals surface area contributed by atoms with Gasteiger partial charge in [0.25, 0.3) is 5.91 Å². The van der Waals surface area contributed by atoms with Crippen molar-refractivity contribution in [2.75, 3.05) is 25.0 Å². The maximum atomic E-state index is 13.5. The van der Waals surface area contributed by atoms with E-state index < -0.39 is 45.7 Å². The lowest BCUT2D eigenvalue weighted by Gasteiger charge is -2.15. The number of halogens is 2. The summed E-state index contributed by atoms with van der Waals surface area (Å²) in [6.07, 6.45) is 1.64. The van der Waals surface area contributed by atoms with E-state index in [9.17, 15) is 26.8 Å². The minimum Gasteiger partial charge on any atom is -0.452 e. The summed E-state index contributed by atoms with van der Waals surface area (Å²) in [5.41, 5.74) is -0.597. The van der Waals surface area contributed by atoms with Crippen LogP contribution in [0.1, 0.15) is 23.2 Å². The van der Waals surface area contributed by atoms with E-state index in [0.717, 1.165) is 31.0 Å². The first-order valence-corrected chi connectivity index (χ1v) is 10.2. The number of nitrogens with zero attached hydrogens (tertiary/aromatic N) is 1. The number of carbonyl (C=O) groups is 2. The molecule has 0 aromatic heterocycles. The Morgan fingerprint density at radius 3 is 2.17 bits per heavy atom. The number of carbonyl (C=O) groups excluding carboxylic acids is 2. The summed E-state index contributed by atoms with van der Waals surface area (Å²) >= 11 is 0. The van der Waals surface area contributed by atoms with Gasteiger partial charge in [0, 0.05) is 18.8 Å². The zero-order valence-electron chi connectivity index (χ0n) is 15.2. The summed E-state index contributed by atoms with van der Waals surface area (Å²) in [7, 11) is -3.56. The van der Waals surface area contributed by atoms with E-state index in [-0.39, 0.29) is 10.6 Å². The normalized spacial score (nSPS) is 14.6. The van der Waals surface area contributed by atoms with Crippen LogP contribution in [0.4, 0.5) is 14.5 Å². The maximum Gasteiger partial charge on any atom is 0.344 e. The Morgan fingerprint density at radius 1 is 1.00 bits per heavy atom. The first-order chi connectivity index (χ1) is 13.8. The van der Waals surface area contributed by atoms with E-state index in [1.807, 2.05) is 0 Å². The molecular weight excluding hydrogens is 406 g/mol. The van der Waals surface area contributed by atoms with Crippen LogP contribution >= 0.6 is 0 Å². The molecule has 0 aliphatic carbocycles. The molecule has 10 heteroatoms. The number of benzene rings is 2. The SMILES string of the molecule is O=C(COC(=O)c1c(F)cccc1F)Nc1ccc(S(=O)(=O)N2CCCC2)cc1. The summed E-state index contributed by atoms with van der Waals surface area (Å²) in [6.45, 7) is 0.198. The van der Waals surface area contributed by atoms with Crippen LogP contribution < -0.4 is 5.32 Å². The molecule has 1 saturated heterocycles. The van der Waals surface area contributed by atoms with Gasteiger partial charge in [-0.25, -0.2) is 22.0 Å². The monoisotopic (exact) mass is 424 g/mol. The lowest BCUT2D eigenvalue weighted by molar-refractivity contribution is -0.119. The number of rotatable bonds is 6. The first-order valence-electron chi connectivity index (χ1n) is 8.80. The van der Waals surface area contributed by atoms with E-state index in [0.29, 0.717) is 13.1 Å². The van der Waals surface area contributed by atoms with Gasteiger partial charge in [0.05, 0.1) is 4.90 Å². The number of ether oxygens (including phenoxy) is 1. The molecule has 2 aromatic rings. The van der Waals surface area contributed by atoms with Crippen LogP contribution in [0, 0.1) is 11.6 Å². The molecular formula is C19H18F2N2O5S. The van der Waals surface area contributed by atoms with Crippen LogP contribution in [0.3, 0.4) is 0 Å². The number of amides is 1. The average Bonchev–Trinajstić information content (AvgIpc) is 3.22. The van der Waals surface area contributed by atoms with Crippen LogP contribution in [0.25, 0.3) is 0 Å². The van der Waals surface area contributed by atoms with Gasteiger partial charge >= 0.3 is 5.97 Å². The third-order valence-electron chi connectivity index (χ3n) is 4.34. The largest absolute Gasteiger partial charge is 0.452 e. The Hall–Kier alpha value is -2.85. The predicted molar refractivity (Wildman–Crippen MR) is 99.7 cm³/mol. The zero-order valence-corrected chi connectivity index (χ0v) is 16.0. The fraction of sp³-hybridized carbons (Fsp3) is 0.263. The van der Waals surface area contributed by atoms with Gasteiger partial charge in [-0.05, 0) is 49.2 Å². The lowest BCUT2D eigenvalue weighted by Crippen LogP contribution is -2.27. The molecule has 1 fully saturated rings. The van der Waals surface area contributed by atoms with Gasteiger partial charge in [0.1, 0.15) is 17.2 Å². The Bertz CT molecular complexity index is 999. The van der Waals surface area contributed by atoms with E-state index in [1.165, 1.54) is 28.6 Å². The minimum absolute atomic E-state index is 0.110. The average molecular weight is 424 g/mol. The number of hydrogen-bond acceptors (Lipinski definition) is 5. The van der Waals surface area contributed by atoms with E-state index in [1.54, 1.807) is 0 Å². The van der Waals surface area contributed by atoms with Gasteiger partial charge in [-0.2, -0.15) is 4.31 Å². The first kappa shape index (κ1) is 20.9. The molecule has 154 valence electrons. The second-order valence-electron chi connectivity index (χ2n) is 6.36. The molecule has 0 bridgehead atoms. The van der Waals surface area contributed by atoms with Crippen molar-refractivity contribution in [2.24, 2.45) is 0 Å². The Kier molecular flexibility index (Phi) is 6.23. The molecule has 29 heavy (non-hydrogen) atoms. The maximum absolute atomic E-state index is 13.5. The van der Waals surface area contributed by atoms with Gasteiger partial charge in [0.15, 0.2) is 6.61 Å². The smallest absolute Gasteiger partial charge is 0.344 e. The number of nitrogens with one attached hydrogen (secondary N) is 1. The molecule has 7 nitrogen and oxygen atoms in total. The van der Waals surface area contributed by atoms with Crippen molar-refractivity contribution in [1.82, 2.24) is 4.31 Å². The van der Waals surface area contributed by atoms with Crippen molar-refractivity contribution < 1.29 is 31.5 Å². The van der Waals surface area contributed by atoms with Gasteiger partial charge in [-0.15, -0.1) is 0 Å². The quantitative estimate of drug-likeness (QED) is 0.720. The molecule has 0 unspecified atom stereocenters. The molecule has 1 aliphatic rings. The van der Waals surface area contributed by atoms with Crippen molar-refractivity contribution in [3.05, 3.63) is 59.7 Å². The van der Waals surface area contributed by atoms with Gasteiger partial charge in [-0.1, -0.05) is 6.07 Å². The molecule has 0 spiro atoms. The van der Waals surface area contributed by atoms with Crippen LogP contribution in [-0.2, 0) is 19.6 Å². The lowest BCUT2D eigenvalue weighted by atomic mass is 10.2. The fourth-order valence-corrected chi connectivity index (χ4v) is 4.40. The molecule has 1 heterocycles. The molecule has 1 aliphatic heterocycles. The minimum atomic E-state index is -3.56. The number of sulfonamides is 1. The van der Waals surface area contributed by atoms with Crippen molar-refractivity contribution in [3.8, 4) is 0 Å². The van der Waals surface area contributed by atoms with E-state index in [2.05, 4.69) is 10.1 Å². The van der Waals surface area contributed by atoms with Crippen LogP contribution in [-0.4, -0.2) is 44.3 Å². The zero-order chi connectivity index (χ0) is 21.0. The Morgan fingerprint density at radius 2 is 1.59 bits per heavy atom. The third-order valence-corrected chi connectivity index (χ3v) is 6.25. The van der Waals surface area contributed by atoms with Crippen molar-refractivity contribution >= 4 is 27.6 Å². The summed E-state index contributed by atoms with van der Waals surface area (Å²) in [5.74, 6) is -4.23. The molecule has 3 rings (SSSR count). The highest BCUT2D eigenvalue weighted by Gasteiger charge is 2.27. The fourth-order valence-electron chi connectivity index (χ4n) is 2.88. The highest BCUT2D eigenvalue weighted by Crippen LogP contribution is 2.22. The summed E-state index contributed by atoms with van der Waals surface area (Å²) in [6, 6.07) is 8.43. The van der Waals surface area contributed by atoms with Crippen molar-refractivity contribution in [3.63, 3.8) is 0 Å². The molecule has 2 aromatic carbocycles. The molecule has 0 radical (unpaired) electrons. The summed E-state index contributed by atoms with van der Waals surface area (Å²) in [4.78, 5) is 23.8. The third kappa shape index (κ3) is 4.77. The van der Waals surface area contributed by atoms with Gasteiger partial charge in [-0.3, -0.25) is 4.79 Å². The predicted octanol–water partition coefficient (Wildman–Crippen LogP) is 2.54. The second kappa shape index (κ2) is 8.66. The Labute approximate surface area is 166 Å². The summed E-state index contributed by atoms with van der Waals surface area (Å²) in [5, 5.41) is 2.41. The number of esters is 1. The summed E-state index contributed by atoms with van der Waals surface area (Å²) < 4.78 is 58.0.